The van der Waals surface area contributed by atoms with Gasteiger partial charge in [0.2, 0.25) is 6.30 Å². The molecule has 4 aromatic rings. The molecule has 8 heteroatoms. The molecule has 0 radical (unpaired) electrons. The van der Waals surface area contributed by atoms with E-state index in [9.17, 15) is 14.0 Å². The summed E-state index contributed by atoms with van der Waals surface area (Å²) in [5, 5.41) is 2.23. The fourth-order valence-electron chi connectivity index (χ4n) is 4.85. The van der Waals surface area contributed by atoms with Gasteiger partial charge in [-0.1, -0.05) is 49.7 Å². The van der Waals surface area contributed by atoms with Gasteiger partial charge < -0.3 is 9.47 Å². The second-order valence-corrected chi connectivity index (χ2v) is 11.5. The maximum atomic E-state index is 14.1. The predicted molar refractivity (Wildman–Crippen MR) is 162 cm³/mol. The number of anilines is 1. The number of alkyl halides is 1. The summed E-state index contributed by atoms with van der Waals surface area (Å²) < 4.78 is 27.5. The Morgan fingerprint density at radius 2 is 1.70 bits per heavy atom. The highest BCUT2D eigenvalue weighted by Gasteiger charge is 2.41. The summed E-state index contributed by atoms with van der Waals surface area (Å²) in [6.45, 7) is 3.25. The molecule has 0 saturated carbocycles. The molecule has 0 bridgehead atoms. The first-order chi connectivity index (χ1) is 19.5. The fourth-order valence-corrected chi connectivity index (χ4v) is 6.69. The number of nitrogens with zero attached hydrogens (tertiary/aromatic N) is 1. The van der Waals surface area contributed by atoms with E-state index in [1.807, 2.05) is 11.3 Å². The zero-order valence-electron chi connectivity index (χ0n) is 22.4. The van der Waals surface area contributed by atoms with Crippen molar-refractivity contribution in [1.82, 2.24) is 0 Å². The van der Waals surface area contributed by atoms with Crippen molar-refractivity contribution in [3.63, 3.8) is 0 Å². The molecule has 5 nitrogen and oxygen atoms in total. The summed E-state index contributed by atoms with van der Waals surface area (Å²) >= 11 is 2.21. The maximum Gasteiger partial charge on any atom is 0.296 e. The van der Waals surface area contributed by atoms with Crippen molar-refractivity contribution >= 4 is 49.2 Å². The normalized spacial score (nSPS) is 15.2. The number of unbranched alkanes of at least 4 members (excludes halogenated alkanes) is 1. The van der Waals surface area contributed by atoms with Gasteiger partial charge in [-0.2, -0.15) is 0 Å². The smallest absolute Gasteiger partial charge is 0.296 e. The zero-order chi connectivity index (χ0) is 27.9. The number of carbonyl (C=O) groups is 2. The Morgan fingerprint density at radius 3 is 2.45 bits per heavy atom. The lowest BCUT2D eigenvalue weighted by Gasteiger charge is -2.17. The highest BCUT2D eigenvalue weighted by molar-refractivity contribution is 8.27. The number of hydrogen-bond donors (Lipinski definition) is 0. The standard InChI is InChI=1S/C32H32FNO4S2/c1-2-9-27-28(17-16-26-23(21-39-29(26)27)15-14-22-10-4-3-5-11-22)38-19-7-6-18-37-25-13-8-12-24(20-25)34-30(33)31(35)40-32(34)36/h3-5,8,10-13,16-17,20-21,30H,2,6-7,9,14-15,18-19H2,1H3. The molecule has 1 aliphatic heterocycles. The van der Waals surface area contributed by atoms with Gasteiger partial charge in [0, 0.05) is 28.1 Å². The number of hydrogen-bond acceptors (Lipinski definition) is 6. The van der Waals surface area contributed by atoms with E-state index < -0.39 is 16.7 Å². The molecule has 0 aliphatic carbocycles. The molecule has 208 valence electrons. The Bertz CT molecular complexity index is 1470. The number of carbonyl (C=O) groups excluding carboxylic acids is 2. The summed E-state index contributed by atoms with van der Waals surface area (Å²) in [4.78, 5) is 24.3. The van der Waals surface area contributed by atoms with E-state index in [2.05, 4.69) is 54.8 Å². The Kier molecular flexibility index (Phi) is 9.39. The molecule has 1 amide bonds. The fraction of sp³-hybridized carbons (Fsp3) is 0.312. The molecular formula is C32H32FNO4S2. The Labute approximate surface area is 242 Å². The highest BCUT2D eigenvalue weighted by Crippen LogP contribution is 2.37. The van der Waals surface area contributed by atoms with E-state index in [1.54, 1.807) is 24.3 Å². The van der Waals surface area contributed by atoms with Gasteiger partial charge in [0.15, 0.2) is 0 Å². The molecule has 2 heterocycles. The van der Waals surface area contributed by atoms with Crippen molar-refractivity contribution in [3.05, 3.63) is 88.8 Å². The number of benzene rings is 3. The SMILES string of the molecule is CCCc1c(OCCCCOc2cccc(N3C(=O)SC(=O)C3F)c2)ccc2c(CCc3ccccc3)csc12. The van der Waals surface area contributed by atoms with Gasteiger partial charge in [-0.05, 0) is 78.3 Å². The molecule has 1 unspecified atom stereocenters. The van der Waals surface area contributed by atoms with Crippen LogP contribution in [0.25, 0.3) is 10.1 Å². The summed E-state index contributed by atoms with van der Waals surface area (Å²) in [7, 11) is 0. The average Bonchev–Trinajstić information content (AvgIpc) is 3.50. The van der Waals surface area contributed by atoms with Crippen molar-refractivity contribution < 1.29 is 23.5 Å². The van der Waals surface area contributed by atoms with Crippen LogP contribution in [0.4, 0.5) is 14.9 Å². The number of fused-ring (bicyclic) bond motifs is 1. The van der Waals surface area contributed by atoms with Gasteiger partial charge in [-0.15, -0.1) is 11.3 Å². The van der Waals surface area contributed by atoms with E-state index in [0.29, 0.717) is 36.4 Å². The van der Waals surface area contributed by atoms with E-state index in [4.69, 9.17) is 9.47 Å². The molecule has 1 atom stereocenters. The average molecular weight is 578 g/mol. The molecule has 5 rings (SSSR count). The van der Waals surface area contributed by atoms with Crippen molar-refractivity contribution in [2.24, 2.45) is 0 Å². The Morgan fingerprint density at radius 1 is 0.900 bits per heavy atom. The van der Waals surface area contributed by atoms with Crippen LogP contribution in [0.5, 0.6) is 11.5 Å². The highest BCUT2D eigenvalue weighted by atomic mass is 32.2. The first-order valence-corrected chi connectivity index (χ1v) is 15.3. The second kappa shape index (κ2) is 13.3. The molecule has 40 heavy (non-hydrogen) atoms. The lowest BCUT2D eigenvalue weighted by Crippen LogP contribution is -2.31. The lowest BCUT2D eigenvalue weighted by molar-refractivity contribution is -0.114. The number of thiophene rings is 1. The number of ether oxygens (including phenoxy) is 2. The minimum absolute atomic E-state index is 0.312. The molecule has 0 N–H and O–H groups in total. The summed E-state index contributed by atoms with van der Waals surface area (Å²) in [5.41, 5.74) is 4.36. The third-order valence-corrected chi connectivity index (χ3v) is 8.75. The predicted octanol–water partition coefficient (Wildman–Crippen LogP) is 8.37. The summed E-state index contributed by atoms with van der Waals surface area (Å²) in [6, 6.07) is 21.6. The summed E-state index contributed by atoms with van der Waals surface area (Å²) in [6.07, 6.45) is 3.73. The first-order valence-electron chi connectivity index (χ1n) is 13.7. The van der Waals surface area contributed by atoms with E-state index in [-0.39, 0.29) is 0 Å². The van der Waals surface area contributed by atoms with Crippen LogP contribution in [0.1, 0.15) is 42.9 Å². The quantitative estimate of drug-likeness (QED) is 0.118. The van der Waals surface area contributed by atoms with Crippen LogP contribution in [0, 0.1) is 0 Å². The van der Waals surface area contributed by atoms with Crippen LogP contribution >= 0.6 is 23.1 Å². The third kappa shape index (κ3) is 6.50. The van der Waals surface area contributed by atoms with Crippen LogP contribution in [-0.2, 0) is 24.1 Å². The van der Waals surface area contributed by atoms with E-state index in [1.165, 1.54) is 26.8 Å². The van der Waals surface area contributed by atoms with Gasteiger partial charge in [-0.25, -0.2) is 4.39 Å². The van der Waals surface area contributed by atoms with Gasteiger partial charge >= 0.3 is 0 Å². The first kappa shape index (κ1) is 28.2. The van der Waals surface area contributed by atoms with Crippen molar-refractivity contribution in [1.29, 1.82) is 0 Å². The largest absolute Gasteiger partial charge is 0.494 e. The Balaban J connectivity index is 1.13. The second-order valence-electron chi connectivity index (χ2n) is 9.71. The van der Waals surface area contributed by atoms with Crippen molar-refractivity contribution in [3.8, 4) is 11.5 Å². The molecule has 0 spiro atoms. The van der Waals surface area contributed by atoms with Crippen molar-refractivity contribution in [2.75, 3.05) is 18.1 Å². The van der Waals surface area contributed by atoms with Crippen LogP contribution in [0.3, 0.4) is 0 Å². The zero-order valence-corrected chi connectivity index (χ0v) is 24.1. The number of rotatable bonds is 13. The molecule has 1 aromatic heterocycles. The monoisotopic (exact) mass is 577 g/mol. The van der Waals surface area contributed by atoms with E-state index >= 15 is 0 Å². The molecule has 1 saturated heterocycles. The van der Waals surface area contributed by atoms with Gasteiger partial charge in [0.25, 0.3) is 10.4 Å². The molecular weight excluding hydrogens is 545 g/mol. The summed E-state index contributed by atoms with van der Waals surface area (Å²) in [5.74, 6) is 1.49. The minimum atomic E-state index is -1.96. The topological polar surface area (TPSA) is 55.8 Å². The van der Waals surface area contributed by atoms with Crippen LogP contribution in [-0.4, -0.2) is 29.9 Å². The van der Waals surface area contributed by atoms with Crippen LogP contribution in [0.15, 0.2) is 72.1 Å². The molecule has 3 aromatic carbocycles. The molecule has 1 fully saturated rings. The van der Waals surface area contributed by atoms with Gasteiger partial charge in [0.05, 0.1) is 18.9 Å². The van der Waals surface area contributed by atoms with Crippen molar-refractivity contribution in [2.45, 2.75) is 51.7 Å². The van der Waals surface area contributed by atoms with Gasteiger partial charge in [0.1, 0.15) is 11.5 Å². The molecule has 1 aliphatic rings. The van der Waals surface area contributed by atoms with E-state index in [0.717, 1.165) is 49.2 Å². The van der Waals surface area contributed by atoms with Gasteiger partial charge in [-0.3, -0.25) is 14.5 Å². The lowest BCUT2D eigenvalue weighted by atomic mass is 10.0. The third-order valence-electron chi connectivity index (χ3n) is 6.87. The Hall–Kier alpha value is -3.36. The number of halogens is 1. The number of amides is 1. The maximum absolute atomic E-state index is 14.1. The van der Waals surface area contributed by atoms with Crippen LogP contribution < -0.4 is 14.4 Å². The number of aryl methyl sites for hydroxylation is 3. The minimum Gasteiger partial charge on any atom is -0.494 e. The van der Waals surface area contributed by atoms with Crippen LogP contribution in [0.2, 0.25) is 0 Å². The number of thioether (sulfide) groups is 1.